The molecular weight excluding hydrogens is 634 g/mol. The molecule has 2 aromatic rings. The van der Waals surface area contributed by atoms with Crippen LogP contribution < -0.4 is 0 Å². The van der Waals surface area contributed by atoms with Gasteiger partial charge in [-0.3, -0.25) is 4.79 Å². The predicted molar refractivity (Wildman–Crippen MR) is 184 cm³/mol. The Hall–Kier alpha value is -3.10. The summed E-state index contributed by atoms with van der Waals surface area (Å²) in [6.45, 7) is 12.4. The topological polar surface area (TPSA) is 120 Å². The Kier molecular flexibility index (Phi) is 19.2. The third-order valence-corrected chi connectivity index (χ3v) is 7.32. The van der Waals surface area contributed by atoms with Gasteiger partial charge in [-0.25, -0.2) is 4.79 Å². The second kappa shape index (κ2) is 23.3. The van der Waals surface area contributed by atoms with Crippen molar-refractivity contribution in [1.29, 1.82) is 0 Å². The van der Waals surface area contributed by atoms with E-state index in [1.807, 2.05) is 45.0 Å². The number of hydrogen-bond acceptors (Lipinski definition) is 11. The highest BCUT2D eigenvalue weighted by Crippen LogP contribution is 2.44. The van der Waals surface area contributed by atoms with Crippen LogP contribution in [0.2, 0.25) is 0 Å². The predicted octanol–water partition coefficient (Wildman–Crippen LogP) is 4.72. The van der Waals surface area contributed by atoms with Gasteiger partial charge in [0, 0.05) is 19.5 Å². The average molecular weight is 690 g/mol. The standard InChI is InChI=1S/C37H55NO11/c1-37(2,3)49-35(39)13-15-41-17-19-43-21-23-45-25-27-47-28-26-46-24-22-44-20-18-42-16-14-38(4)36(40)48-29-34-32-11-7-5-9-30(32)31-10-6-8-12-33(31)34/h5-12,34H,13-29H2,1-4H3. The summed E-state index contributed by atoms with van der Waals surface area (Å²) in [7, 11) is 1.71. The zero-order valence-corrected chi connectivity index (χ0v) is 29.7. The van der Waals surface area contributed by atoms with Crippen molar-refractivity contribution in [3.05, 3.63) is 59.7 Å². The third kappa shape index (κ3) is 16.4. The molecule has 0 aliphatic heterocycles. The highest BCUT2D eigenvalue weighted by atomic mass is 16.6. The zero-order valence-electron chi connectivity index (χ0n) is 29.7. The van der Waals surface area contributed by atoms with Crippen molar-refractivity contribution in [1.82, 2.24) is 4.90 Å². The second-order valence-electron chi connectivity index (χ2n) is 12.3. The van der Waals surface area contributed by atoms with Crippen molar-refractivity contribution in [2.24, 2.45) is 0 Å². The third-order valence-electron chi connectivity index (χ3n) is 7.32. The van der Waals surface area contributed by atoms with Crippen molar-refractivity contribution >= 4 is 12.1 Å². The summed E-state index contributed by atoms with van der Waals surface area (Å²) in [5, 5.41) is 0. The Morgan fingerprint density at radius 3 is 1.41 bits per heavy atom. The van der Waals surface area contributed by atoms with Gasteiger partial charge in [0.05, 0.1) is 98.9 Å². The first kappa shape index (κ1) is 40.3. The molecule has 49 heavy (non-hydrogen) atoms. The van der Waals surface area contributed by atoms with E-state index in [4.69, 9.17) is 42.6 Å². The Morgan fingerprint density at radius 1 is 0.592 bits per heavy atom. The lowest BCUT2D eigenvalue weighted by atomic mass is 9.98. The van der Waals surface area contributed by atoms with E-state index in [0.717, 1.165) is 0 Å². The van der Waals surface area contributed by atoms with Gasteiger partial charge in [-0.1, -0.05) is 48.5 Å². The summed E-state index contributed by atoms with van der Waals surface area (Å²) >= 11 is 0. The molecule has 0 saturated carbocycles. The van der Waals surface area contributed by atoms with E-state index < -0.39 is 5.60 Å². The van der Waals surface area contributed by atoms with Crippen LogP contribution in [-0.4, -0.2) is 135 Å². The van der Waals surface area contributed by atoms with Crippen molar-refractivity contribution in [2.75, 3.05) is 113 Å². The van der Waals surface area contributed by atoms with Crippen LogP contribution in [0.25, 0.3) is 11.1 Å². The minimum atomic E-state index is -0.479. The number of benzene rings is 2. The number of esters is 1. The smallest absolute Gasteiger partial charge is 0.409 e. The van der Waals surface area contributed by atoms with Crippen molar-refractivity contribution in [2.45, 2.75) is 38.7 Å². The quantitative estimate of drug-likeness (QED) is 0.101. The van der Waals surface area contributed by atoms with Crippen molar-refractivity contribution in [3.63, 3.8) is 0 Å². The maximum atomic E-state index is 12.6. The van der Waals surface area contributed by atoms with Crippen LogP contribution in [-0.2, 0) is 47.4 Å². The molecular formula is C37H55NO11. The highest BCUT2D eigenvalue weighted by molar-refractivity contribution is 5.79. The molecule has 0 atom stereocenters. The molecule has 274 valence electrons. The van der Waals surface area contributed by atoms with Gasteiger partial charge < -0.3 is 47.5 Å². The van der Waals surface area contributed by atoms with E-state index in [2.05, 4.69) is 24.3 Å². The molecule has 0 bridgehead atoms. The first-order valence-electron chi connectivity index (χ1n) is 17.1. The first-order chi connectivity index (χ1) is 23.8. The maximum Gasteiger partial charge on any atom is 0.409 e. The average Bonchev–Trinajstić information content (AvgIpc) is 3.40. The van der Waals surface area contributed by atoms with Gasteiger partial charge in [-0.2, -0.15) is 0 Å². The molecule has 0 saturated heterocycles. The molecule has 2 aromatic carbocycles. The van der Waals surface area contributed by atoms with Gasteiger partial charge in [0.25, 0.3) is 0 Å². The van der Waals surface area contributed by atoms with Gasteiger partial charge in [0.1, 0.15) is 12.2 Å². The van der Waals surface area contributed by atoms with Gasteiger partial charge in [-0.15, -0.1) is 0 Å². The molecule has 0 heterocycles. The van der Waals surface area contributed by atoms with Crippen LogP contribution >= 0.6 is 0 Å². The van der Waals surface area contributed by atoms with Gasteiger partial charge >= 0.3 is 12.1 Å². The highest BCUT2D eigenvalue weighted by Gasteiger charge is 2.29. The van der Waals surface area contributed by atoms with E-state index in [1.165, 1.54) is 27.2 Å². The summed E-state index contributed by atoms with van der Waals surface area (Å²) in [4.78, 5) is 25.7. The fourth-order valence-corrected chi connectivity index (χ4v) is 4.97. The van der Waals surface area contributed by atoms with Gasteiger partial charge in [0.15, 0.2) is 0 Å². The fourth-order valence-electron chi connectivity index (χ4n) is 4.97. The number of nitrogens with zero attached hydrogens (tertiary/aromatic N) is 1. The molecule has 0 fully saturated rings. The Morgan fingerprint density at radius 2 is 0.980 bits per heavy atom. The minimum Gasteiger partial charge on any atom is -0.460 e. The van der Waals surface area contributed by atoms with E-state index in [0.29, 0.717) is 106 Å². The zero-order chi connectivity index (χ0) is 35.2. The Labute approximate surface area is 291 Å². The number of carbonyl (C=O) groups is 2. The van der Waals surface area contributed by atoms with Crippen LogP contribution in [0.1, 0.15) is 44.2 Å². The molecule has 0 spiro atoms. The number of amides is 1. The minimum absolute atomic E-state index is 0.0374. The summed E-state index contributed by atoms with van der Waals surface area (Å²) in [5.41, 5.74) is 4.31. The van der Waals surface area contributed by atoms with Crippen molar-refractivity contribution in [3.8, 4) is 11.1 Å². The number of fused-ring (bicyclic) bond motifs is 3. The lowest BCUT2D eigenvalue weighted by molar-refractivity contribution is -0.156. The van der Waals surface area contributed by atoms with Gasteiger partial charge in [-0.05, 0) is 43.0 Å². The van der Waals surface area contributed by atoms with E-state index >= 15 is 0 Å². The molecule has 1 amide bonds. The summed E-state index contributed by atoms with van der Waals surface area (Å²) in [5.74, 6) is -0.231. The van der Waals surface area contributed by atoms with Crippen LogP contribution in [0, 0.1) is 0 Å². The first-order valence-corrected chi connectivity index (χ1v) is 17.1. The van der Waals surface area contributed by atoms with Crippen LogP contribution in [0.15, 0.2) is 48.5 Å². The SMILES string of the molecule is CN(CCOCCOCCOCCOCCOCCOCCOCCC(=O)OC(C)(C)C)C(=O)OCC1c2ccccc2-c2ccccc21. The lowest BCUT2D eigenvalue weighted by Gasteiger charge is -2.19. The summed E-state index contributed by atoms with van der Waals surface area (Å²) < 4.78 is 49.3. The normalized spacial score (nSPS) is 12.5. The second-order valence-corrected chi connectivity index (χ2v) is 12.3. The van der Waals surface area contributed by atoms with Crippen LogP contribution in [0.3, 0.4) is 0 Å². The molecule has 0 aromatic heterocycles. The summed E-state index contributed by atoms with van der Waals surface area (Å²) in [6.07, 6.45) is -0.140. The van der Waals surface area contributed by atoms with Crippen LogP contribution in [0.4, 0.5) is 4.79 Å². The largest absolute Gasteiger partial charge is 0.460 e. The van der Waals surface area contributed by atoms with E-state index in [1.54, 1.807) is 7.05 Å². The summed E-state index contributed by atoms with van der Waals surface area (Å²) in [6, 6.07) is 16.6. The molecule has 1 aliphatic rings. The Balaban J connectivity index is 1.03. The Bertz CT molecular complexity index is 1170. The molecule has 1 aliphatic carbocycles. The molecule has 0 N–H and O–H groups in total. The molecule has 0 unspecified atom stereocenters. The monoisotopic (exact) mass is 689 g/mol. The number of likely N-dealkylation sites (N-methyl/N-ethyl adjacent to an activating group) is 1. The number of hydrogen-bond donors (Lipinski definition) is 0. The number of carbonyl (C=O) groups excluding carboxylic acids is 2. The molecule has 12 nitrogen and oxygen atoms in total. The lowest BCUT2D eigenvalue weighted by Crippen LogP contribution is -2.32. The van der Waals surface area contributed by atoms with Gasteiger partial charge in [0.2, 0.25) is 0 Å². The molecule has 0 radical (unpaired) electrons. The molecule has 12 heteroatoms. The number of ether oxygens (including phenoxy) is 9. The van der Waals surface area contributed by atoms with Crippen LogP contribution in [0.5, 0.6) is 0 Å². The molecule has 3 rings (SSSR count). The van der Waals surface area contributed by atoms with E-state index in [-0.39, 0.29) is 24.4 Å². The fraction of sp³-hybridized carbons (Fsp3) is 0.622. The van der Waals surface area contributed by atoms with E-state index in [9.17, 15) is 9.59 Å². The number of rotatable bonds is 26. The maximum absolute atomic E-state index is 12.6. The van der Waals surface area contributed by atoms with Crippen molar-refractivity contribution < 1.29 is 52.2 Å².